The zero-order valence-corrected chi connectivity index (χ0v) is 19.4. The van der Waals surface area contributed by atoms with E-state index < -0.39 is 10.0 Å². The summed E-state index contributed by atoms with van der Waals surface area (Å²) < 4.78 is 33.3. The third kappa shape index (κ3) is 3.62. The Morgan fingerprint density at radius 3 is 2.50 bits per heavy atom. The maximum Gasteiger partial charge on any atom is 0.264 e. The predicted octanol–water partition coefficient (Wildman–Crippen LogP) is 4.42. The van der Waals surface area contributed by atoms with E-state index in [-0.39, 0.29) is 16.8 Å². The second-order valence-corrected chi connectivity index (χ2v) is 9.95. The van der Waals surface area contributed by atoms with Crippen LogP contribution in [0.25, 0.3) is 0 Å². The van der Waals surface area contributed by atoms with Crippen LogP contribution in [0, 0.1) is 6.92 Å². The molecule has 0 saturated heterocycles. The van der Waals surface area contributed by atoms with Crippen LogP contribution < -0.4 is 13.9 Å². The van der Waals surface area contributed by atoms with Gasteiger partial charge in [-0.3, -0.25) is 9.10 Å². The van der Waals surface area contributed by atoms with Gasteiger partial charge in [-0.1, -0.05) is 36.4 Å². The van der Waals surface area contributed by atoms with E-state index in [1.165, 1.54) is 30.6 Å². The van der Waals surface area contributed by atoms with Crippen molar-refractivity contribution in [3.8, 4) is 5.75 Å². The van der Waals surface area contributed by atoms with Crippen LogP contribution in [-0.4, -0.2) is 34.5 Å². The number of benzene rings is 3. The summed E-state index contributed by atoms with van der Waals surface area (Å²) in [5, 5.41) is 0. The summed E-state index contributed by atoms with van der Waals surface area (Å²) >= 11 is 0. The summed E-state index contributed by atoms with van der Waals surface area (Å²) in [6.45, 7) is 3.82. The Morgan fingerprint density at radius 2 is 1.75 bits per heavy atom. The molecule has 6 nitrogen and oxygen atoms in total. The Morgan fingerprint density at radius 1 is 1.06 bits per heavy atom. The summed E-state index contributed by atoms with van der Waals surface area (Å²) in [5.41, 5.74) is 3.52. The van der Waals surface area contributed by atoms with Crippen molar-refractivity contribution < 1.29 is 17.9 Å². The third-order valence-electron chi connectivity index (χ3n) is 5.95. The van der Waals surface area contributed by atoms with Gasteiger partial charge in [0.15, 0.2) is 0 Å². The first-order valence-corrected chi connectivity index (χ1v) is 11.8. The molecule has 1 atom stereocenters. The highest BCUT2D eigenvalue weighted by atomic mass is 32.2. The quantitative estimate of drug-likeness (QED) is 0.577. The Balaban J connectivity index is 1.74. The zero-order chi connectivity index (χ0) is 23.0. The zero-order valence-electron chi connectivity index (χ0n) is 18.6. The molecule has 3 aromatic carbocycles. The molecule has 0 spiro atoms. The Kier molecular flexibility index (Phi) is 5.69. The van der Waals surface area contributed by atoms with Gasteiger partial charge in [0.1, 0.15) is 5.75 Å². The van der Waals surface area contributed by atoms with Gasteiger partial charge >= 0.3 is 0 Å². The number of hydrogen-bond donors (Lipinski definition) is 0. The molecule has 166 valence electrons. The van der Waals surface area contributed by atoms with E-state index in [1.54, 1.807) is 35.2 Å². The molecule has 0 saturated carbocycles. The SMILES string of the molecule is COc1ccccc1N(C)S(=O)(=O)c1ccc(C)c(C(=O)N2c3ccccc3CC2C)c1. The number of para-hydroxylation sites is 3. The molecule has 0 fully saturated rings. The molecule has 0 aliphatic carbocycles. The lowest BCUT2D eigenvalue weighted by atomic mass is 10.1. The standard InChI is InChI=1S/C25H26N2O4S/c1-17-13-14-20(32(29,30)26(3)23-11-7-8-12-24(23)31-4)16-21(17)25(28)27-18(2)15-19-9-5-6-10-22(19)27/h5-14,16,18H,15H2,1-4H3. The summed E-state index contributed by atoms with van der Waals surface area (Å²) in [7, 11) is -0.936. The fourth-order valence-electron chi connectivity index (χ4n) is 4.17. The molecule has 1 heterocycles. The van der Waals surface area contributed by atoms with Gasteiger partial charge in [-0.2, -0.15) is 0 Å². The van der Waals surface area contributed by atoms with Gasteiger partial charge in [-0.05, 0) is 61.7 Å². The number of anilines is 2. The highest BCUT2D eigenvalue weighted by Gasteiger charge is 2.33. The normalized spacial score (nSPS) is 15.4. The lowest BCUT2D eigenvalue weighted by Crippen LogP contribution is -2.36. The third-order valence-corrected chi connectivity index (χ3v) is 7.72. The molecule has 3 aromatic rings. The summed E-state index contributed by atoms with van der Waals surface area (Å²) in [4.78, 5) is 15.4. The van der Waals surface area contributed by atoms with Gasteiger partial charge < -0.3 is 9.64 Å². The average Bonchev–Trinajstić information content (AvgIpc) is 3.13. The molecule has 0 N–H and O–H groups in total. The lowest BCUT2D eigenvalue weighted by molar-refractivity contribution is 0.0980. The second-order valence-electron chi connectivity index (χ2n) is 7.98. The first-order valence-electron chi connectivity index (χ1n) is 10.4. The van der Waals surface area contributed by atoms with E-state index in [0.717, 1.165) is 23.2 Å². The Labute approximate surface area is 189 Å². The van der Waals surface area contributed by atoms with Crippen LogP contribution in [0.4, 0.5) is 11.4 Å². The molecule has 1 amide bonds. The first kappa shape index (κ1) is 21.9. The molecular formula is C25H26N2O4S. The van der Waals surface area contributed by atoms with Crippen molar-refractivity contribution in [1.29, 1.82) is 0 Å². The highest BCUT2D eigenvalue weighted by Crippen LogP contribution is 2.35. The number of ether oxygens (including phenoxy) is 1. The van der Waals surface area contributed by atoms with Gasteiger partial charge in [-0.15, -0.1) is 0 Å². The minimum atomic E-state index is -3.91. The van der Waals surface area contributed by atoms with E-state index >= 15 is 0 Å². The van der Waals surface area contributed by atoms with Gasteiger partial charge in [0, 0.05) is 24.3 Å². The van der Waals surface area contributed by atoms with Crippen LogP contribution in [0.2, 0.25) is 0 Å². The maximum absolute atomic E-state index is 13.6. The molecule has 0 bridgehead atoms. The number of sulfonamides is 1. The largest absolute Gasteiger partial charge is 0.495 e. The first-order chi connectivity index (χ1) is 15.3. The van der Waals surface area contributed by atoms with Crippen LogP contribution in [0.15, 0.2) is 71.6 Å². The minimum Gasteiger partial charge on any atom is -0.495 e. The summed E-state index contributed by atoms with van der Waals surface area (Å²) in [6.07, 6.45) is 0.773. The van der Waals surface area contributed by atoms with Crippen LogP contribution in [0.5, 0.6) is 5.75 Å². The highest BCUT2D eigenvalue weighted by molar-refractivity contribution is 7.92. The number of rotatable bonds is 5. The molecular weight excluding hydrogens is 424 g/mol. The fraction of sp³-hybridized carbons (Fsp3) is 0.240. The fourth-order valence-corrected chi connectivity index (χ4v) is 5.41. The van der Waals surface area contributed by atoms with Gasteiger partial charge in [-0.25, -0.2) is 8.42 Å². The van der Waals surface area contributed by atoms with E-state index in [1.807, 2.05) is 38.1 Å². The number of hydrogen-bond acceptors (Lipinski definition) is 4. The van der Waals surface area contributed by atoms with Crippen molar-refractivity contribution >= 4 is 27.3 Å². The van der Waals surface area contributed by atoms with Gasteiger partial charge in [0.05, 0.1) is 17.7 Å². The van der Waals surface area contributed by atoms with Crippen LogP contribution >= 0.6 is 0 Å². The van der Waals surface area contributed by atoms with Crippen molar-refractivity contribution in [1.82, 2.24) is 0 Å². The number of methoxy groups -OCH3 is 1. The van der Waals surface area contributed by atoms with E-state index in [2.05, 4.69) is 0 Å². The smallest absolute Gasteiger partial charge is 0.264 e. The number of amides is 1. The van der Waals surface area contributed by atoms with Gasteiger partial charge in [0.25, 0.3) is 15.9 Å². The lowest BCUT2D eigenvalue weighted by Gasteiger charge is -2.25. The average molecular weight is 451 g/mol. The van der Waals surface area contributed by atoms with Crippen LogP contribution in [0.3, 0.4) is 0 Å². The number of carbonyl (C=O) groups is 1. The predicted molar refractivity (Wildman–Crippen MR) is 126 cm³/mol. The molecule has 0 radical (unpaired) electrons. The number of carbonyl (C=O) groups excluding carboxylic acids is 1. The molecule has 1 aliphatic rings. The summed E-state index contributed by atoms with van der Waals surface area (Å²) in [6, 6.07) is 19.4. The van der Waals surface area contributed by atoms with Crippen molar-refractivity contribution in [3.05, 3.63) is 83.4 Å². The van der Waals surface area contributed by atoms with E-state index in [9.17, 15) is 13.2 Å². The number of nitrogens with zero attached hydrogens (tertiary/aromatic N) is 2. The molecule has 4 rings (SSSR count). The Hall–Kier alpha value is -3.32. The van der Waals surface area contributed by atoms with E-state index in [4.69, 9.17) is 4.74 Å². The monoisotopic (exact) mass is 450 g/mol. The molecule has 1 aliphatic heterocycles. The Bertz CT molecular complexity index is 1290. The van der Waals surface area contributed by atoms with Crippen molar-refractivity contribution in [2.75, 3.05) is 23.4 Å². The minimum absolute atomic E-state index is 0.00387. The van der Waals surface area contributed by atoms with Crippen LogP contribution in [-0.2, 0) is 16.4 Å². The van der Waals surface area contributed by atoms with E-state index in [0.29, 0.717) is 17.0 Å². The van der Waals surface area contributed by atoms with Crippen molar-refractivity contribution in [3.63, 3.8) is 0 Å². The number of fused-ring (bicyclic) bond motifs is 1. The maximum atomic E-state index is 13.6. The van der Waals surface area contributed by atoms with Crippen molar-refractivity contribution in [2.24, 2.45) is 0 Å². The number of aryl methyl sites for hydroxylation is 1. The van der Waals surface area contributed by atoms with Crippen molar-refractivity contribution in [2.45, 2.75) is 31.2 Å². The molecule has 32 heavy (non-hydrogen) atoms. The molecule has 0 aromatic heterocycles. The second kappa shape index (κ2) is 8.31. The molecule has 1 unspecified atom stereocenters. The summed E-state index contributed by atoms with van der Waals surface area (Å²) in [5.74, 6) is 0.251. The molecule has 7 heteroatoms. The van der Waals surface area contributed by atoms with Gasteiger partial charge in [0.2, 0.25) is 0 Å². The van der Waals surface area contributed by atoms with Crippen LogP contribution in [0.1, 0.15) is 28.4 Å². The topological polar surface area (TPSA) is 66.9 Å².